The van der Waals surface area contributed by atoms with Crippen molar-refractivity contribution >= 4 is 17.3 Å². The molecule has 180 valence electrons. The van der Waals surface area contributed by atoms with Crippen molar-refractivity contribution in [3.8, 4) is 11.1 Å². The minimum atomic E-state index is -2.67. The minimum Gasteiger partial charge on any atom is -0.381 e. The topological polar surface area (TPSA) is 72.4 Å². The average molecular weight is 462 g/mol. The van der Waals surface area contributed by atoms with Crippen molar-refractivity contribution in [2.75, 3.05) is 23.8 Å². The van der Waals surface area contributed by atoms with Gasteiger partial charge in [-0.15, -0.1) is 0 Å². The summed E-state index contributed by atoms with van der Waals surface area (Å²) in [5.41, 5.74) is 3.65. The van der Waals surface area contributed by atoms with Gasteiger partial charge in [-0.05, 0) is 62.9 Å². The molecule has 1 saturated carbocycles. The van der Waals surface area contributed by atoms with E-state index in [1.54, 1.807) is 30.8 Å². The molecule has 6 nitrogen and oxygen atoms in total. The molecule has 1 aromatic carbocycles. The van der Waals surface area contributed by atoms with E-state index in [0.29, 0.717) is 30.1 Å². The van der Waals surface area contributed by atoms with Gasteiger partial charge in [0.1, 0.15) is 0 Å². The number of nitrogens with one attached hydrogen (secondary N) is 2. The van der Waals surface area contributed by atoms with E-state index >= 15 is 0 Å². The fraction of sp³-hybridized carbons (Fsp3) is 0.520. The van der Waals surface area contributed by atoms with Crippen LogP contribution in [0, 0.1) is 12.8 Å². The van der Waals surface area contributed by atoms with E-state index in [9.17, 15) is 18.4 Å². The van der Waals surface area contributed by atoms with Gasteiger partial charge in [0.15, 0.2) is 0 Å². The van der Waals surface area contributed by atoms with Crippen molar-refractivity contribution in [2.24, 2.45) is 13.0 Å². The highest BCUT2D eigenvalue weighted by molar-refractivity contribution is 5.96. The lowest BCUT2D eigenvalue weighted by molar-refractivity contribution is -0.124. The number of hydrogen-bond donors (Lipinski definition) is 2. The third-order valence-corrected chi connectivity index (χ3v) is 6.09. The SMILES string of the molecule is CCOC(C)CNc1cc(-c2cc(C)c(=O)n(C)c2)ccc1NC(=O)C1CCC(F)(F)CC1. The molecular weight excluding hydrogens is 428 g/mol. The number of pyridine rings is 1. The second kappa shape index (κ2) is 10.5. The van der Waals surface area contributed by atoms with Crippen LogP contribution in [0.5, 0.6) is 0 Å². The molecule has 2 aromatic rings. The highest BCUT2D eigenvalue weighted by atomic mass is 19.3. The number of carbonyl (C=O) groups excluding carboxylic acids is 1. The van der Waals surface area contributed by atoms with Crippen LogP contribution >= 0.6 is 0 Å². The van der Waals surface area contributed by atoms with Crippen LogP contribution in [0.1, 0.15) is 45.1 Å². The summed E-state index contributed by atoms with van der Waals surface area (Å²) >= 11 is 0. The molecule has 0 radical (unpaired) electrons. The Bertz CT molecular complexity index is 1020. The van der Waals surface area contributed by atoms with Crippen LogP contribution in [0.15, 0.2) is 35.3 Å². The second-order valence-corrected chi connectivity index (χ2v) is 8.85. The highest BCUT2D eigenvalue weighted by Gasteiger charge is 2.37. The van der Waals surface area contributed by atoms with Crippen molar-refractivity contribution in [1.29, 1.82) is 0 Å². The van der Waals surface area contributed by atoms with Crippen LogP contribution in [0.3, 0.4) is 0 Å². The molecule has 0 spiro atoms. The van der Waals surface area contributed by atoms with E-state index in [1.807, 2.05) is 32.0 Å². The molecule has 1 aromatic heterocycles. The molecule has 1 heterocycles. The van der Waals surface area contributed by atoms with Crippen LogP contribution in [0.4, 0.5) is 20.2 Å². The Hall–Kier alpha value is -2.74. The van der Waals surface area contributed by atoms with Crippen molar-refractivity contribution < 1.29 is 18.3 Å². The van der Waals surface area contributed by atoms with Gasteiger partial charge in [0.05, 0.1) is 17.5 Å². The van der Waals surface area contributed by atoms with Gasteiger partial charge in [-0.1, -0.05) is 6.07 Å². The Labute approximate surface area is 193 Å². The zero-order valence-electron chi connectivity index (χ0n) is 19.7. The quantitative estimate of drug-likeness (QED) is 0.583. The molecule has 1 fully saturated rings. The lowest BCUT2D eigenvalue weighted by Gasteiger charge is -2.27. The highest BCUT2D eigenvalue weighted by Crippen LogP contribution is 2.37. The third-order valence-electron chi connectivity index (χ3n) is 6.09. The number of ether oxygens (including phenoxy) is 1. The third kappa shape index (κ3) is 6.41. The van der Waals surface area contributed by atoms with E-state index in [-0.39, 0.29) is 43.3 Å². The average Bonchev–Trinajstić information content (AvgIpc) is 2.76. The summed E-state index contributed by atoms with van der Waals surface area (Å²) in [7, 11) is 1.71. The Morgan fingerprint density at radius 2 is 1.91 bits per heavy atom. The van der Waals surface area contributed by atoms with Gasteiger partial charge in [0, 0.05) is 50.7 Å². The van der Waals surface area contributed by atoms with Gasteiger partial charge in [-0.2, -0.15) is 0 Å². The number of aromatic nitrogens is 1. The molecular formula is C25H33F2N3O3. The first-order valence-corrected chi connectivity index (χ1v) is 11.5. The molecule has 0 bridgehead atoms. The van der Waals surface area contributed by atoms with Crippen LogP contribution in [0.2, 0.25) is 0 Å². The molecule has 0 aliphatic heterocycles. The molecule has 1 amide bonds. The van der Waals surface area contributed by atoms with Crippen molar-refractivity contribution in [3.63, 3.8) is 0 Å². The molecule has 8 heteroatoms. The van der Waals surface area contributed by atoms with Gasteiger partial charge >= 0.3 is 0 Å². The van der Waals surface area contributed by atoms with E-state index in [2.05, 4.69) is 10.6 Å². The molecule has 0 saturated heterocycles. The molecule has 1 aliphatic rings. The Morgan fingerprint density at radius 1 is 1.21 bits per heavy atom. The van der Waals surface area contributed by atoms with Gasteiger partial charge in [-0.3, -0.25) is 9.59 Å². The summed E-state index contributed by atoms with van der Waals surface area (Å²) in [6, 6.07) is 7.44. The maximum absolute atomic E-state index is 13.5. The number of rotatable bonds is 8. The van der Waals surface area contributed by atoms with Gasteiger partial charge < -0.3 is 19.9 Å². The fourth-order valence-electron chi connectivity index (χ4n) is 4.15. The smallest absolute Gasteiger partial charge is 0.253 e. The molecule has 1 aliphatic carbocycles. The Balaban J connectivity index is 1.85. The number of aryl methyl sites for hydroxylation is 2. The standard InChI is InChI=1S/C25H33F2N3O3/c1-5-33-17(3)14-28-22-13-19(20-12-16(2)24(32)30(4)15-20)6-7-21(22)29-23(31)18-8-10-25(26,27)11-9-18/h6-7,12-13,15,17-18,28H,5,8-11,14H2,1-4H3,(H,29,31). The molecule has 2 N–H and O–H groups in total. The number of anilines is 2. The Morgan fingerprint density at radius 3 is 2.55 bits per heavy atom. The van der Waals surface area contributed by atoms with Crippen molar-refractivity contribution in [3.05, 3.63) is 46.4 Å². The summed E-state index contributed by atoms with van der Waals surface area (Å²) in [6.07, 6.45) is 1.58. The predicted octanol–water partition coefficient (Wildman–Crippen LogP) is 4.96. The Kier molecular flexibility index (Phi) is 7.89. The summed E-state index contributed by atoms with van der Waals surface area (Å²) in [4.78, 5) is 24.9. The van der Waals surface area contributed by atoms with Crippen LogP contribution in [-0.2, 0) is 16.6 Å². The summed E-state index contributed by atoms with van der Waals surface area (Å²) in [5, 5.41) is 6.27. The number of nitrogens with zero attached hydrogens (tertiary/aromatic N) is 1. The maximum Gasteiger partial charge on any atom is 0.253 e. The minimum absolute atomic E-state index is 0.0393. The predicted molar refractivity (Wildman–Crippen MR) is 127 cm³/mol. The number of hydrogen-bond acceptors (Lipinski definition) is 4. The number of halogens is 2. The number of alkyl halides is 2. The van der Waals surface area contributed by atoms with E-state index in [1.165, 1.54) is 0 Å². The van der Waals surface area contributed by atoms with Crippen molar-refractivity contribution in [1.82, 2.24) is 4.57 Å². The molecule has 3 rings (SSSR count). The number of benzene rings is 1. The normalized spacial score (nSPS) is 16.9. The molecule has 33 heavy (non-hydrogen) atoms. The summed E-state index contributed by atoms with van der Waals surface area (Å²) < 4.78 is 34.1. The van der Waals surface area contributed by atoms with Gasteiger partial charge in [-0.25, -0.2) is 8.78 Å². The largest absolute Gasteiger partial charge is 0.381 e. The van der Waals surface area contributed by atoms with E-state index < -0.39 is 11.8 Å². The van der Waals surface area contributed by atoms with Crippen molar-refractivity contribution in [2.45, 2.75) is 58.5 Å². The lowest BCUT2D eigenvalue weighted by atomic mass is 9.86. The molecule has 1 atom stereocenters. The van der Waals surface area contributed by atoms with Crippen LogP contribution in [0.25, 0.3) is 11.1 Å². The number of amides is 1. The van der Waals surface area contributed by atoms with Gasteiger partial charge in [0.25, 0.3) is 5.56 Å². The summed E-state index contributed by atoms with van der Waals surface area (Å²) in [5.74, 6) is -3.34. The fourth-order valence-corrected chi connectivity index (χ4v) is 4.15. The zero-order chi connectivity index (χ0) is 24.2. The second-order valence-electron chi connectivity index (χ2n) is 8.85. The maximum atomic E-state index is 13.5. The lowest BCUT2D eigenvalue weighted by Crippen LogP contribution is -2.32. The van der Waals surface area contributed by atoms with Crippen LogP contribution in [-0.4, -0.2) is 35.7 Å². The van der Waals surface area contributed by atoms with E-state index in [0.717, 1.165) is 11.1 Å². The first-order chi connectivity index (χ1) is 15.6. The zero-order valence-corrected chi connectivity index (χ0v) is 19.7. The van der Waals surface area contributed by atoms with Crippen LogP contribution < -0.4 is 16.2 Å². The van der Waals surface area contributed by atoms with E-state index in [4.69, 9.17) is 4.74 Å². The monoisotopic (exact) mass is 461 g/mol. The first-order valence-electron chi connectivity index (χ1n) is 11.5. The summed E-state index contributed by atoms with van der Waals surface area (Å²) in [6.45, 7) is 6.78. The molecule has 1 unspecified atom stereocenters. The first kappa shape index (κ1) is 24.9. The number of carbonyl (C=O) groups is 1. The van der Waals surface area contributed by atoms with Gasteiger partial charge in [0.2, 0.25) is 11.8 Å².